The van der Waals surface area contributed by atoms with Crippen molar-refractivity contribution in [2.75, 3.05) is 7.11 Å². The fraction of sp³-hybridized carbons (Fsp3) is 0.333. The molecule has 2 unspecified atom stereocenters. The Morgan fingerprint density at radius 2 is 1.54 bits per heavy atom. The van der Waals surface area contributed by atoms with Crippen LogP contribution in [0.5, 0.6) is 0 Å². The molecule has 0 aliphatic carbocycles. The van der Waals surface area contributed by atoms with E-state index in [1.807, 2.05) is 39.0 Å². The van der Waals surface area contributed by atoms with Crippen molar-refractivity contribution in [2.45, 2.75) is 39.9 Å². The molecule has 0 amide bonds. The van der Waals surface area contributed by atoms with Gasteiger partial charge in [0.05, 0.1) is 0 Å². The fourth-order valence-electron chi connectivity index (χ4n) is 2.96. The lowest BCUT2D eigenvalue weighted by Crippen LogP contribution is -2.27. The van der Waals surface area contributed by atoms with E-state index < -0.39 is 18.2 Å². The van der Waals surface area contributed by atoms with Crippen LogP contribution in [-0.2, 0) is 19.3 Å². The van der Waals surface area contributed by atoms with Crippen LogP contribution in [0, 0.1) is 20.8 Å². The minimum Gasteiger partial charge on any atom is -0.352 e. The summed E-state index contributed by atoms with van der Waals surface area (Å²) in [7, 11) is 1.43. The topological polar surface area (TPSA) is 61.8 Å². The minimum atomic E-state index is -1.11. The number of rotatable bonds is 7. The molecule has 5 heteroatoms. The molecule has 0 heterocycles. The van der Waals surface area contributed by atoms with Crippen molar-refractivity contribution in [2.24, 2.45) is 0 Å². The summed E-state index contributed by atoms with van der Waals surface area (Å²) in [6, 6.07) is 12.7. The molecule has 0 aliphatic rings. The number of ketones is 1. The summed E-state index contributed by atoms with van der Waals surface area (Å²) in [5, 5.41) is 0. The number of Topliss-reactive ketones (excluding diaryl/α,β-unsaturated/α-hetero) is 1. The highest BCUT2D eigenvalue weighted by atomic mass is 17.2. The summed E-state index contributed by atoms with van der Waals surface area (Å²) in [6.07, 6.45) is -0.728. The maximum atomic E-state index is 13.3. The Bertz CT molecular complexity index is 759. The Labute approximate surface area is 153 Å². The molecular formula is C21H24O5. The summed E-state index contributed by atoms with van der Waals surface area (Å²) in [4.78, 5) is 35.7. The van der Waals surface area contributed by atoms with E-state index in [4.69, 9.17) is 14.5 Å². The normalized spacial score (nSPS) is 13.1. The lowest BCUT2D eigenvalue weighted by Gasteiger charge is -2.18. The Hall–Kier alpha value is -2.50. The van der Waals surface area contributed by atoms with Crippen molar-refractivity contribution in [3.05, 3.63) is 70.3 Å². The van der Waals surface area contributed by atoms with Crippen LogP contribution in [0.25, 0.3) is 0 Å². The quantitative estimate of drug-likeness (QED) is 0.246. The van der Waals surface area contributed by atoms with E-state index in [1.54, 1.807) is 31.2 Å². The molecule has 138 valence electrons. The molecule has 2 aromatic rings. The molecule has 0 N–H and O–H groups in total. The van der Waals surface area contributed by atoms with Crippen molar-refractivity contribution in [1.29, 1.82) is 0 Å². The third-order valence-corrected chi connectivity index (χ3v) is 4.15. The minimum absolute atomic E-state index is 0.315. The second-order valence-electron chi connectivity index (χ2n) is 6.28. The van der Waals surface area contributed by atoms with E-state index in [9.17, 15) is 9.59 Å². The number of aryl methyl sites for hydroxylation is 3. The highest BCUT2D eigenvalue weighted by molar-refractivity contribution is 6.14. The zero-order chi connectivity index (χ0) is 19.3. The highest BCUT2D eigenvalue weighted by Crippen LogP contribution is 2.27. The van der Waals surface area contributed by atoms with Crippen molar-refractivity contribution in [1.82, 2.24) is 0 Å². The average Bonchev–Trinajstić information content (AvgIpc) is 2.59. The van der Waals surface area contributed by atoms with E-state index in [0.717, 1.165) is 16.7 Å². The molecule has 0 radical (unpaired) electrons. The van der Waals surface area contributed by atoms with Gasteiger partial charge in [0.1, 0.15) is 5.92 Å². The Kier molecular flexibility index (Phi) is 6.66. The van der Waals surface area contributed by atoms with Gasteiger partial charge in [-0.3, -0.25) is 9.68 Å². The van der Waals surface area contributed by atoms with Gasteiger partial charge < -0.3 is 4.74 Å². The van der Waals surface area contributed by atoms with E-state index in [-0.39, 0.29) is 5.78 Å². The van der Waals surface area contributed by atoms with Crippen LogP contribution in [0.1, 0.15) is 45.5 Å². The summed E-state index contributed by atoms with van der Waals surface area (Å²) in [5.41, 5.74) is 3.80. The first-order valence-electron chi connectivity index (χ1n) is 8.42. The number of carbonyl (C=O) groups is 2. The third kappa shape index (κ3) is 4.56. The maximum Gasteiger partial charge on any atom is 0.357 e. The smallest absolute Gasteiger partial charge is 0.352 e. The van der Waals surface area contributed by atoms with Crippen LogP contribution in [-0.4, -0.2) is 25.2 Å². The van der Waals surface area contributed by atoms with E-state index in [0.29, 0.717) is 11.1 Å². The predicted molar refractivity (Wildman–Crippen MR) is 97.8 cm³/mol. The van der Waals surface area contributed by atoms with Gasteiger partial charge >= 0.3 is 5.97 Å². The van der Waals surface area contributed by atoms with Crippen LogP contribution in [0.4, 0.5) is 0 Å². The molecule has 0 saturated heterocycles. The first-order chi connectivity index (χ1) is 12.3. The van der Waals surface area contributed by atoms with Gasteiger partial charge in [0.25, 0.3) is 0 Å². The molecule has 2 atom stereocenters. The summed E-state index contributed by atoms with van der Waals surface area (Å²) >= 11 is 0. The molecule has 0 saturated carbocycles. The van der Waals surface area contributed by atoms with Gasteiger partial charge in [-0.05, 0) is 44.4 Å². The SMILES string of the molecule is COC(C)OOC(=O)C(C(=O)c1c(C)cc(C)cc1C)c1ccccc1. The van der Waals surface area contributed by atoms with Crippen LogP contribution >= 0.6 is 0 Å². The summed E-state index contributed by atoms with van der Waals surface area (Å²) in [5.74, 6) is -2.20. The first-order valence-corrected chi connectivity index (χ1v) is 8.42. The Morgan fingerprint density at radius 3 is 2.08 bits per heavy atom. The Morgan fingerprint density at radius 1 is 0.962 bits per heavy atom. The van der Waals surface area contributed by atoms with Crippen molar-refractivity contribution in [3.63, 3.8) is 0 Å². The zero-order valence-corrected chi connectivity index (χ0v) is 15.7. The number of carbonyl (C=O) groups excluding carboxylic acids is 2. The number of hydrogen-bond acceptors (Lipinski definition) is 5. The van der Waals surface area contributed by atoms with E-state index >= 15 is 0 Å². The monoisotopic (exact) mass is 356 g/mol. The van der Waals surface area contributed by atoms with Crippen LogP contribution in [0.3, 0.4) is 0 Å². The lowest BCUT2D eigenvalue weighted by atomic mass is 9.86. The van der Waals surface area contributed by atoms with Crippen LogP contribution < -0.4 is 0 Å². The van der Waals surface area contributed by atoms with Gasteiger partial charge in [-0.15, -0.1) is 0 Å². The molecule has 0 spiro atoms. The van der Waals surface area contributed by atoms with Crippen LogP contribution in [0.2, 0.25) is 0 Å². The van der Waals surface area contributed by atoms with Crippen molar-refractivity contribution >= 4 is 11.8 Å². The largest absolute Gasteiger partial charge is 0.357 e. The van der Waals surface area contributed by atoms with Crippen molar-refractivity contribution < 1.29 is 24.1 Å². The number of methoxy groups -OCH3 is 1. The lowest BCUT2D eigenvalue weighted by molar-refractivity contribution is -0.342. The van der Waals surface area contributed by atoms with E-state index in [2.05, 4.69) is 0 Å². The number of hydrogen-bond donors (Lipinski definition) is 0. The van der Waals surface area contributed by atoms with Gasteiger partial charge in [0.2, 0.25) is 0 Å². The predicted octanol–water partition coefficient (Wildman–Crippen LogP) is 4.05. The molecule has 0 fully saturated rings. The number of benzene rings is 2. The van der Waals surface area contributed by atoms with Gasteiger partial charge in [0.15, 0.2) is 12.1 Å². The standard InChI is InChI=1S/C21H24O5/c1-13-11-14(2)18(15(3)12-13)20(22)19(17-9-7-6-8-10-17)21(23)26-25-16(4)24-5/h6-12,16,19H,1-5H3. The van der Waals surface area contributed by atoms with Gasteiger partial charge in [-0.2, -0.15) is 4.89 Å². The second kappa shape index (κ2) is 8.74. The summed E-state index contributed by atoms with van der Waals surface area (Å²) < 4.78 is 4.90. The van der Waals surface area contributed by atoms with Crippen LogP contribution in [0.15, 0.2) is 42.5 Å². The number of ether oxygens (including phenoxy) is 1. The molecule has 2 aromatic carbocycles. The first kappa shape index (κ1) is 19.8. The molecule has 2 rings (SSSR count). The molecule has 0 aromatic heterocycles. The molecular weight excluding hydrogens is 332 g/mol. The van der Waals surface area contributed by atoms with E-state index in [1.165, 1.54) is 7.11 Å². The molecule has 0 aliphatic heterocycles. The fourth-order valence-corrected chi connectivity index (χ4v) is 2.96. The molecule has 26 heavy (non-hydrogen) atoms. The summed E-state index contributed by atoms with van der Waals surface area (Å²) in [6.45, 7) is 7.28. The third-order valence-electron chi connectivity index (χ3n) is 4.15. The molecule has 5 nitrogen and oxygen atoms in total. The van der Waals surface area contributed by atoms with Gasteiger partial charge in [-0.25, -0.2) is 4.79 Å². The zero-order valence-electron chi connectivity index (χ0n) is 15.7. The Balaban J connectivity index is 2.41. The maximum absolute atomic E-state index is 13.3. The molecule has 0 bridgehead atoms. The van der Waals surface area contributed by atoms with Gasteiger partial charge in [-0.1, -0.05) is 48.0 Å². The van der Waals surface area contributed by atoms with Crippen molar-refractivity contribution in [3.8, 4) is 0 Å². The highest BCUT2D eigenvalue weighted by Gasteiger charge is 2.33. The average molecular weight is 356 g/mol. The second-order valence-corrected chi connectivity index (χ2v) is 6.28. The van der Waals surface area contributed by atoms with Gasteiger partial charge in [0, 0.05) is 12.7 Å².